The summed E-state index contributed by atoms with van der Waals surface area (Å²) in [6, 6.07) is 16.6. The van der Waals surface area contributed by atoms with Gasteiger partial charge in [-0.05, 0) is 61.7 Å². The van der Waals surface area contributed by atoms with Gasteiger partial charge >= 0.3 is 0 Å². The molecule has 0 saturated heterocycles. The van der Waals surface area contributed by atoms with Crippen LogP contribution in [0.1, 0.15) is 34.1 Å². The Bertz CT molecular complexity index is 876. The van der Waals surface area contributed by atoms with E-state index in [0.29, 0.717) is 6.54 Å². The number of hydrogen-bond acceptors (Lipinski definition) is 1. The van der Waals surface area contributed by atoms with Crippen LogP contribution < -0.4 is 0 Å². The van der Waals surface area contributed by atoms with Gasteiger partial charge in [0.2, 0.25) is 0 Å². The van der Waals surface area contributed by atoms with E-state index in [1.807, 2.05) is 32.0 Å². The van der Waals surface area contributed by atoms with Crippen molar-refractivity contribution in [1.82, 2.24) is 4.57 Å². The Morgan fingerprint density at radius 3 is 2.21 bits per heavy atom. The zero-order chi connectivity index (χ0) is 17.3. The molecule has 0 aliphatic carbocycles. The second-order valence-corrected chi connectivity index (χ2v) is 6.07. The van der Waals surface area contributed by atoms with Gasteiger partial charge in [0, 0.05) is 17.8 Å². The lowest BCUT2D eigenvalue weighted by Gasteiger charge is -2.13. The van der Waals surface area contributed by atoms with Crippen molar-refractivity contribution in [2.45, 2.75) is 27.3 Å². The summed E-state index contributed by atoms with van der Waals surface area (Å²) in [7, 11) is 0. The Kier molecular flexibility index (Phi) is 4.34. The van der Waals surface area contributed by atoms with E-state index in [1.165, 1.54) is 12.1 Å². The fraction of sp³-hybridized carbons (Fsp3) is 0.190. The molecule has 0 fully saturated rings. The van der Waals surface area contributed by atoms with Crippen LogP contribution >= 0.6 is 0 Å². The van der Waals surface area contributed by atoms with Gasteiger partial charge in [0.1, 0.15) is 5.82 Å². The van der Waals surface area contributed by atoms with Gasteiger partial charge in [-0.3, -0.25) is 4.79 Å². The summed E-state index contributed by atoms with van der Waals surface area (Å²) in [4.78, 5) is 12.1. The highest BCUT2D eigenvalue weighted by Gasteiger charge is 2.21. The maximum atomic E-state index is 13.3. The number of carbonyl (C=O) groups is 1. The summed E-state index contributed by atoms with van der Waals surface area (Å²) in [5.74, 6) is -0.207. The van der Waals surface area contributed by atoms with Crippen molar-refractivity contribution >= 4 is 5.78 Å². The molecule has 2 aromatic carbocycles. The summed E-state index contributed by atoms with van der Waals surface area (Å²) in [5.41, 5.74) is 5.70. The molecule has 24 heavy (non-hydrogen) atoms. The third-order valence-electron chi connectivity index (χ3n) is 4.42. The van der Waals surface area contributed by atoms with Crippen LogP contribution in [0.3, 0.4) is 0 Å². The SMILES string of the molecule is CC(=O)c1c(C)c(-c2ccc(F)cc2)n(Cc2ccccc2)c1C. The molecule has 0 saturated carbocycles. The van der Waals surface area contributed by atoms with Gasteiger partial charge in [0.05, 0.1) is 5.69 Å². The molecule has 0 bridgehead atoms. The molecule has 0 unspecified atom stereocenters. The second kappa shape index (κ2) is 6.44. The van der Waals surface area contributed by atoms with E-state index in [1.54, 1.807) is 19.1 Å². The quantitative estimate of drug-likeness (QED) is 0.608. The normalized spacial score (nSPS) is 10.8. The average molecular weight is 321 g/mol. The van der Waals surface area contributed by atoms with Crippen LogP contribution in [0.2, 0.25) is 0 Å². The lowest BCUT2D eigenvalue weighted by Crippen LogP contribution is -2.05. The minimum absolute atomic E-state index is 0.0557. The summed E-state index contributed by atoms with van der Waals surface area (Å²) in [6.45, 7) is 6.20. The molecule has 0 aliphatic rings. The van der Waals surface area contributed by atoms with Crippen molar-refractivity contribution in [1.29, 1.82) is 0 Å². The van der Waals surface area contributed by atoms with Crippen LogP contribution in [0.15, 0.2) is 54.6 Å². The predicted molar refractivity (Wildman–Crippen MR) is 94.8 cm³/mol. The minimum Gasteiger partial charge on any atom is -0.340 e. The number of carbonyl (C=O) groups excluding carboxylic acids is 1. The van der Waals surface area contributed by atoms with Gasteiger partial charge in [-0.15, -0.1) is 0 Å². The average Bonchev–Trinajstić information content (AvgIpc) is 2.80. The standard InChI is InChI=1S/C21H20FNO/c1-14-20(16(3)24)15(2)23(13-17-7-5-4-6-8-17)21(14)18-9-11-19(22)12-10-18/h4-12H,13H2,1-3H3. The number of Topliss-reactive ketones (excluding diaryl/α,β-unsaturated/α-hetero) is 1. The first-order valence-corrected chi connectivity index (χ1v) is 7.99. The van der Waals surface area contributed by atoms with Crippen molar-refractivity contribution in [3.63, 3.8) is 0 Å². The van der Waals surface area contributed by atoms with Gasteiger partial charge in [0.25, 0.3) is 0 Å². The fourth-order valence-corrected chi connectivity index (χ4v) is 3.36. The molecule has 3 heteroatoms. The van der Waals surface area contributed by atoms with E-state index in [4.69, 9.17) is 0 Å². The molecule has 0 atom stereocenters. The van der Waals surface area contributed by atoms with Crippen LogP contribution in [0.25, 0.3) is 11.3 Å². The van der Waals surface area contributed by atoms with Crippen LogP contribution in [-0.4, -0.2) is 10.4 Å². The Balaban J connectivity index is 2.20. The topological polar surface area (TPSA) is 22.0 Å². The van der Waals surface area contributed by atoms with E-state index in [2.05, 4.69) is 16.7 Å². The number of nitrogens with zero attached hydrogens (tertiary/aromatic N) is 1. The predicted octanol–water partition coefficient (Wildman–Crippen LogP) is 5.16. The third-order valence-corrected chi connectivity index (χ3v) is 4.42. The first kappa shape index (κ1) is 16.2. The van der Waals surface area contributed by atoms with E-state index < -0.39 is 0 Å². The highest BCUT2D eigenvalue weighted by Crippen LogP contribution is 2.32. The number of hydrogen-bond donors (Lipinski definition) is 0. The van der Waals surface area contributed by atoms with Crippen LogP contribution in [0, 0.1) is 19.7 Å². The largest absolute Gasteiger partial charge is 0.340 e. The molecule has 1 heterocycles. The molecule has 1 aromatic heterocycles. The molecule has 0 radical (unpaired) electrons. The Labute approximate surface area is 141 Å². The highest BCUT2D eigenvalue weighted by atomic mass is 19.1. The zero-order valence-corrected chi connectivity index (χ0v) is 14.1. The van der Waals surface area contributed by atoms with Crippen molar-refractivity contribution < 1.29 is 9.18 Å². The van der Waals surface area contributed by atoms with E-state index in [-0.39, 0.29) is 11.6 Å². The number of halogens is 1. The number of ketones is 1. The zero-order valence-electron chi connectivity index (χ0n) is 14.1. The second-order valence-electron chi connectivity index (χ2n) is 6.07. The van der Waals surface area contributed by atoms with E-state index >= 15 is 0 Å². The summed E-state index contributed by atoms with van der Waals surface area (Å²) < 4.78 is 15.4. The molecule has 3 rings (SSSR count). The first-order valence-electron chi connectivity index (χ1n) is 7.99. The molecule has 0 N–H and O–H groups in total. The fourth-order valence-electron chi connectivity index (χ4n) is 3.36. The maximum absolute atomic E-state index is 13.3. The number of rotatable bonds is 4. The van der Waals surface area contributed by atoms with Gasteiger partial charge in [0.15, 0.2) is 5.78 Å². The van der Waals surface area contributed by atoms with Crippen LogP contribution in [0.4, 0.5) is 4.39 Å². The maximum Gasteiger partial charge on any atom is 0.161 e. The van der Waals surface area contributed by atoms with Crippen LogP contribution in [-0.2, 0) is 6.54 Å². The van der Waals surface area contributed by atoms with Crippen molar-refractivity contribution in [2.24, 2.45) is 0 Å². The summed E-state index contributed by atoms with van der Waals surface area (Å²) in [5, 5.41) is 0. The lowest BCUT2D eigenvalue weighted by atomic mass is 10.0. The Morgan fingerprint density at radius 2 is 1.62 bits per heavy atom. The minimum atomic E-state index is -0.263. The number of benzene rings is 2. The van der Waals surface area contributed by atoms with Gasteiger partial charge in [-0.2, -0.15) is 0 Å². The van der Waals surface area contributed by atoms with Gasteiger partial charge < -0.3 is 4.57 Å². The molecule has 122 valence electrons. The molecule has 0 amide bonds. The van der Waals surface area contributed by atoms with Crippen molar-refractivity contribution in [3.05, 3.63) is 82.8 Å². The smallest absolute Gasteiger partial charge is 0.161 e. The molecular formula is C21H20FNO. The first-order chi connectivity index (χ1) is 11.5. The van der Waals surface area contributed by atoms with Crippen molar-refractivity contribution in [3.8, 4) is 11.3 Å². The lowest BCUT2D eigenvalue weighted by molar-refractivity contribution is 0.101. The molecule has 3 aromatic rings. The molecular weight excluding hydrogens is 301 g/mol. The molecule has 0 aliphatic heterocycles. The monoisotopic (exact) mass is 321 g/mol. The van der Waals surface area contributed by atoms with Crippen molar-refractivity contribution in [2.75, 3.05) is 0 Å². The van der Waals surface area contributed by atoms with E-state index in [9.17, 15) is 9.18 Å². The Morgan fingerprint density at radius 1 is 1.00 bits per heavy atom. The third kappa shape index (κ3) is 2.90. The Hall–Kier alpha value is -2.68. The van der Waals surface area contributed by atoms with Gasteiger partial charge in [-0.1, -0.05) is 30.3 Å². The summed E-state index contributed by atoms with van der Waals surface area (Å²) >= 11 is 0. The summed E-state index contributed by atoms with van der Waals surface area (Å²) in [6.07, 6.45) is 0. The molecule has 2 nitrogen and oxygen atoms in total. The van der Waals surface area contributed by atoms with Crippen LogP contribution in [0.5, 0.6) is 0 Å². The molecule has 0 spiro atoms. The van der Waals surface area contributed by atoms with E-state index in [0.717, 1.165) is 33.6 Å². The van der Waals surface area contributed by atoms with Gasteiger partial charge in [-0.25, -0.2) is 4.39 Å². The highest BCUT2D eigenvalue weighted by molar-refractivity contribution is 5.99. The number of aromatic nitrogens is 1.